The van der Waals surface area contributed by atoms with Crippen molar-refractivity contribution in [2.45, 2.75) is 54.4 Å². The molecule has 214 valence electrons. The first-order chi connectivity index (χ1) is 19.2. The van der Waals surface area contributed by atoms with Crippen molar-refractivity contribution in [2.75, 3.05) is 18.4 Å². The molecule has 1 atom stereocenters. The molecule has 0 amide bonds. The van der Waals surface area contributed by atoms with E-state index in [0.29, 0.717) is 17.5 Å². The van der Waals surface area contributed by atoms with Crippen LogP contribution >= 0.6 is 0 Å². The van der Waals surface area contributed by atoms with Gasteiger partial charge >= 0.3 is 0 Å². The molecule has 2 aromatic rings. The van der Waals surface area contributed by atoms with Gasteiger partial charge in [-0.05, 0) is 82.5 Å². The van der Waals surface area contributed by atoms with Crippen LogP contribution in [0.2, 0.25) is 0 Å². The van der Waals surface area contributed by atoms with Gasteiger partial charge in [0.15, 0.2) is 0 Å². The fourth-order valence-corrected chi connectivity index (χ4v) is 4.09. The number of nitrogens with one attached hydrogen (secondary N) is 3. The molecule has 7 nitrogen and oxygen atoms in total. The smallest absolute Gasteiger partial charge is 0.149 e. The Labute approximate surface area is 241 Å². The Kier molecular flexibility index (Phi) is 13.3. The van der Waals surface area contributed by atoms with Crippen LogP contribution in [0.5, 0.6) is 0 Å². The van der Waals surface area contributed by atoms with Gasteiger partial charge in [0.05, 0.1) is 5.69 Å². The molecule has 2 heterocycles. The van der Waals surface area contributed by atoms with Gasteiger partial charge in [0, 0.05) is 49.3 Å². The summed E-state index contributed by atoms with van der Waals surface area (Å²) in [6, 6.07) is 10.3. The molecule has 0 spiro atoms. The Balaban J connectivity index is 0.00000131. The number of hydrogen-bond acceptors (Lipinski definition) is 6. The van der Waals surface area contributed by atoms with Gasteiger partial charge in [-0.2, -0.15) is 0 Å². The third kappa shape index (κ3) is 9.49. The molecule has 1 aliphatic rings. The number of hydrogen-bond donors (Lipinski definition) is 4. The summed E-state index contributed by atoms with van der Waals surface area (Å²) in [6.45, 7) is 22.0. The van der Waals surface area contributed by atoms with E-state index in [9.17, 15) is 0 Å². The highest BCUT2D eigenvalue weighted by Gasteiger charge is 2.23. The summed E-state index contributed by atoms with van der Waals surface area (Å²) in [6.07, 6.45) is 13.7. The van der Waals surface area contributed by atoms with Crippen LogP contribution in [0.3, 0.4) is 0 Å². The number of aromatic nitrogens is 1. The molecule has 5 N–H and O–H groups in total. The first-order valence-corrected chi connectivity index (χ1v) is 13.9. The molecule has 7 heteroatoms. The fourth-order valence-electron chi connectivity index (χ4n) is 4.09. The molecule has 1 aromatic heterocycles. The topological polar surface area (TPSA) is 93.8 Å². The summed E-state index contributed by atoms with van der Waals surface area (Å²) >= 11 is 0. The normalized spacial score (nSPS) is 15.2. The van der Waals surface area contributed by atoms with Crippen LogP contribution in [0.1, 0.15) is 57.4 Å². The van der Waals surface area contributed by atoms with E-state index in [2.05, 4.69) is 76.7 Å². The van der Waals surface area contributed by atoms with E-state index in [1.54, 1.807) is 6.20 Å². The SMILES string of the molecule is C/C=C\C.C=N/C(=C1/C(N)=NC=CN1CC(CC)CCNC(=C)/C(C)=C/Nc1ccccc1C)c1cc(C)c[nH]1. The average molecular weight is 542 g/mol. The lowest BCUT2D eigenvalue weighted by atomic mass is 10.0. The third-order valence-electron chi connectivity index (χ3n) is 6.78. The number of H-pyrrole nitrogens is 1. The number of anilines is 1. The number of nitrogens with zero attached hydrogens (tertiary/aromatic N) is 3. The summed E-state index contributed by atoms with van der Waals surface area (Å²) in [7, 11) is 0. The maximum Gasteiger partial charge on any atom is 0.149 e. The molecule has 3 rings (SSSR count). The molecule has 0 radical (unpaired) electrons. The second-order valence-electron chi connectivity index (χ2n) is 9.83. The maximum absolute atomic E-state index is 6.32. The Morgan fingerprint density at radius 2 is 1.95 bits per heavy atom. The first-order valence-electron chi connectivity index (χ1n) is 13.9. The van der Waals surface area contributed by atoms with E-state index in [0.717, 1.165) is 59.8 Å². The largest absolute Gasteiger partial charge is 0.385 e. The highest BCUT2D eigenvalue weighted by atomic mass is 15.2. The molecule has 1 aromatic carbocycles. The summed E-state index contributed by atoms with van der Waals surface area (Å²) in [4.78, 5) is 14.0. The van der Waals surface area contributed by atoms with E-state index < -0.39 is 0 Å². The third-order valence-corrected chi connectivity index (χ3v) is 6.78. The Hall–Kier alpha value is -4.26. The van der Waals surface area contributed by atoms with Gasteiger partial charge in [0.25, 0.3) is 0 Å². The van der Waals surface area contributed by atoms with Gasteiger partial charge < -0.3 is 26.3 Å². The number of aryl methyl sites for hydroxylation is 2. The molecule has 0 bridgehead atoms. The van der Waals surface area contributed by atoms with E-state index in [1.165, 1.54) is 5.56 Å². The predicted octanol–water partition coefficient (Wildman–Crippen LogP) is 7.26. The van der Waals surface area contributed by atoms with Crippen molar-refractivity contribution in [3.05, 3.63) is 108 Å². The molecular formula is C33H47N7. The van der Waals surface area contributed by atoms with Crippen LogP contribution in [-0.2, 0) is 0 Å². The van der Waals surface area contributed by atoms with E-state index in [1.807, 2.05) is 69.7 Å². The minimum Gasteiger partial charge on any atom is -0.385 e. The van der Waals surface area contributed by atoms with Gasteiger partial charge in [0.1, 0.15) is 17.2 Å². The van der Waals surface area contributed by atoms with Gasteiger partial charge in [0.2, 0.25) is 0 Å². The second-order valence-corrected chi connectivity index (χ2v) is 9.83. The van der Waals surface area contributed by atoms with E-state index >= 15 is 0 Å². The zero-order chi connectivity index (χ0) is 29.5. The summed E-state index contributed by atoms with van der Waals surface area (Å²) in [5.74, 6) is 0.872. The van der Waals surface area contributed by atoms with Crippen LogP contribution in [0.25, 0.3) is 5.70 Å². The number of aliphatic imine (C=N–C) groups is 2. The quantitative estimate of drug-likeness (QED) is 0.129. The number of nitrogens with two attached hydrogens (primary N) is 1. The van der Waals surface area contributed by atoms with E-state index in [4.69, 9.17) is 5.73 Å². The van der Waals surface area contributed by atoms with Crippen molar-refractivity contribution < 1.29 is 0 Å². The Morgan fingerprint density at radius 3 is 2.55 bits per heavy atom. The van der Waals surface area contributed by atoms with E-state index in [-0.39, 0.29) is 0 Å². The van der Waals surface area contributed by atoms with Crippen molar-refractivity contribution in [2.24, 2.45) is 21.6 Å². The predicted molar refractivity (Wildman–Crippen MR) is 174 cm³/mol. The molecule has 0 saturated heterocycles. The first kappa shape index (κ1) is 32.0. The summed E-state index contributed by atoms with van der Waals surface area (Å²) in [5.41, 5.74) is 14.1. The zero-order valence-electron chi connectivity index (χ0n) is 25.1. The standard InChI is InChI=1S/C29H39N7.C4H8/c1-7-24(12-13-32-23(5)22(4)18-35-25-11-9-8-10-21(25)3)19-36-15-14-33-29(30)28(36)27(31-6)26-16-20(2)17-34-26;1-3-4-2/h8-11,14-18,24,32,34-35H,5-7,12-13,19H2,1-4H3,(H2,30,33);3-4H,1-2H3/b22-18+,28-27-;4-3-. The molecule has 1 unspecified atom stereocenters. The molecule has 0 saturated carbocycles. The fraction of sp³-hybridized carbons (Fsp3) is 0.333. The van der Waals surface area contributed by atoms with Gasteiger partial charge in [-0.15, -0.1) is 0 Å². The Bertz CT molecular complexity index is 1270. The lowest BCUT2D eigenvalue weighted by Crippen LogP contribution is -2.35. The zero-order valence-corrected chi connectivity index (χ0v) is 25.1. The monoisotopic (exact) mass is 541 g/mol. The number of para-hydroxylation sites is 1. The molecule has 0 fully saturated rings. The molecule has 40 heavy (non-hydrogen) atoms. The molecule has 0 aliphatic carbocycles. The van der Waals surface area contributed by atoms with Crippen LogP contribution < -0.4 is 16.4 Å². The van der Waals surface area contributed by atoms with Crippen molar-refractivity contribution >= 4 is 23.9 Å². The number of allylic oxidation sites excluding steroid dienone is 3. The summed E-state index contributed by atoms with van der Waals surface area (Å²) in [5, 5.41) is 6.86. The van der Waals surface area contributed by atoms with Crippen molar-refractivity contribution in [3.63, 3.8) is 0 Å². The minimum atomic E-state index is 0.432. The van der Waals surface area contributed by atoms with Crippen LogP contribution in [0, 0.1) is 19.8 Å². The lowest BCUT2D eigenvalue weighted by molar-refractivity contribution is 0.343. The van der Waals surface area contributed by atoms with Gasteiger partial charge in [-0.25, -0.2) is 4.99 Å². The second kappa shape index (κ2) is 16.6. The number of benzene rings is 1. The Morgan fingerprint density at radius 1 is 1.23 bits per heavy atom. The van der Waals surface area contributed by atoms with Gasteiger partial charge in [-0.1, -0.05) is 50.3 Å². The molecule has 1 aliphatic heterocycles. The summed E-state index contributed by atoms with van der Waals surface area (Å²) < 4.78 is 0. The maximum atomic E-state index is 6.32. The van der Waals surface area contributed by atoms with Crippen LogP contribution in [-0.4, -0.2) is 35.5 Å². The number of aromatic amines is 1. The van der Waals surface area contributed by atoms with Crippen molar-refractivity contribution in [3.8, 4) is 0 Å². The highest BCUT2D eigenvalue weighted by molar-refractivity contribution is 6.04. The van der Waals surface area contributed by atoms with Crippen LogP contribution in [0.15, 0.2) is 101 Å². The minimum absolute atomic E-state index is 0.432. The highest BCUT2D eigenvalue weighted by Crippen LogP contribution is 2.26. The number of amidine groups is 1. The molecular weight excluding hydrogens is 494 g/mol. The van der Waals surface area contributed by atoms with Crippen molar-refractivity contribution in [1.29, 1.82) is 0 Å². The number of rotatable bonds is 12. The van der Waals surface area contributed by atoms with Gasteiger partial charge in [-0.3, -0.25) is 4.99 Å². The lowest BCUT2D eigenvalue weighted by Gasteiger charge is -2.30. The van der Waals surface area contributed by atoms with Crippen LogP contribution in [0.4, 0.5) is 5.69 Å². The van der Waals surface area contributed by atoms with Crippen molar-refractivity contribution in [1.82, 2.24) is 15.2 Å². The average Bonchev–Trinajstić information content (AvgIpc) is 3.39.